The number of morpholine rings is 1. The van der Waals surface area contributed by atoms with Crippen molar-refractivity contribution >= 4 is 23.5 Å². The summed E-state index contributed by atoms with van der Waals surface area (Å²) >= 11 is 0. The van der Waals surface area contributed by atoms with Gasteiger partial charge in [0.15, 0.2) is 0 Å². The van der Waals surface area contributed by atoms with Gasteiger partial charge in [0.1, 0.15) is 0 Å². The van der Waals surface area contributed by atoms with Crippen molar-refractivity contribution in [3.8, 4) is 11.3 Å². The number of hydrogen-bond acceptors (Lipinski definition) is 8. The van der Waals surface area contributed by atoms with Crippen LogP contribution < -0.4 is 9.80 Å². The van der Waals surface area contributed by atoms with Gasteiger partial charge in [-0.1, -0.05) is 12.1 Å². The molecule has 0 radical (unpaired) electrons. The molecule has 1 amide bonds. The van der Waals surface area contributed by atoms with Crippen molar-refractivity contribution in [3.63, 3.8) is 0 Å². The maximum absolute atomic E-state index is 12.4. The Hall–Kier alpha value is -3.20. The summed E-state index contributed by atoms with van der Waals surface area (Å²) in [5, 5.41) is 0. The third-order valence-electron chi connectivity index (χ3n) is 6.10. The number of benzene rings is 1. The van der Waals surface area contributed by atoms with Crippen molar-refractivity contribution in [1.29, 1.82) is 0 Å². The molecule has 176 valence electrons. The molecule has 3 heterocycles. The smallest absolute Gasteiger partial charge is 0.305 e. The number of esters is 1. The molecule has 9 heteroatoms. The van der Waals surface area contributed by atoms with Crippen LogP contribution in [0.1, 0.15) is 19.3 Å². The standard InChI is InChI=1S/C24H31N5O4/c1-32-23(31)4-2-3-22(30)28-11-13-29(14-12-28)24-25-10-9-21(26-24)19-5-7-20(8-6-19)27-15-17-33-18-16-27/h5-10H,2-4,11-18H2,1H3. The van der Waals surface area contributed by atoms with E-state index in [9.17, 15) is 9.59 Å². The van der Waals surface area contributed by atoms with E-state index in [2.05, 4.69) is 43.8 Å². The van der Waals surface area contributed by atoms with Gasteiger partial charge in [0.05, 0.1) is 26.0 Å². The molecule has 0 spiro atoms. The zero-order valence-electron chi connectivity index (χ0n) is 19.1. The maximum atomic E-state index is 12.4. The molecule has 9 nitrogen and oxygen atoms in total. The zero-order chi connectivity index (χ0) is 23.0. The fourth-order valence-corrected chi connectivity index (χ4v) is 4.13. The second-order valence-electron chi connectivity index (χ2n) is 8.19. The lowest BCUT2D eigenvalue weighted by Crippen LogP contribution is -2.49. The fraction of sp³-hybridized carbons (Fsp3) is 0.500. The molecule has 2 aromatic rings. The van der Waals surface area contributed by atoms with Crippen LogP contribution in [0.5, 0.6) is 0 Å². The Morgan fingerprint density at radius 2 is 1.67 bits per heavy atom. The predicted molar refractivity (Wildman–Crippen MR) is 125 cm³/mol. The summed E-state index contributed by atoms with van der Waals surface area (Å²) in [6.45, 7) is 5.97. The molecule has 0 saturated carbocycles. The molecule has 1 aromatic carbocycles. The number of piperazine rings is 1. The lowest BCUT2D eigenvalue weighted by Gasteiger charge is -2.35. The van der Waals surface area contributed by atoms with E-state index in [1.54, 1.807) is 6.20 Å². The van der Waals surface area contributed by atoms with E-state index < -0.39 is 0 Å². The molecule has 0 atom stereocenters. The number of anilines is 2. The van der Waals surface area contributed by atoms with Gasteiger partial charge in [-0.05, 0) is 24.6 Å². The molecule has 4 rings (SSSR count). The molecule has 0 unspecified atom stereocenters. The van der Waals surface area contributed by atoms with Crippen molar-refractivity contribution in [2.45, 2.75) is 19.3 Å². The van der Waals surface area contributed by atoms with E-state index >= 15 is 0 Å². The highest BCUT2D eigenvalue weighted by Crippen LogP contribution is 2.24. The van der Waals surface area contributed by atoms with Crippen molar-refractivity contribution in [3.05, 3.63) is 36.5 Å². The van der Waals surface area contributed by atoms with Gasteiger partial charge in [-0.2, -0.15) is 0 Å². The van der Waals surface area contributed by atoms with Gasteiger partial charge in [0.2, 0.25) is 11.9 Å². The number of ether oxygens (including phenoxy) is 2. The molecule has 2 fully saturated rings. The van der Waals surface area contributed by atoms with Crippen LogP contribution in [-0.2, 0) is 19.1 Å². The van der Waals surface area contributed by atoms with Crippen LogP contribution in [0.15, 0.2) is 36.5 Å². The predicted octanol–water partition coefficient (Wildman–Crippen LogP) is 1.97. The lowest BCUT2D eigenvalue weighted by molar-refractivity contribution is -0.140. The van der Waals surface area contributed by atoms with E-state index in [-0.39, 0.29) is 18.3 Å². The zero-order valence-corrected chi connectivity index (χ0v) is 19.1. The first-order valence-electron chi connectivity index (χ1n) is 11.5. The maximum Gasteiger partial charge on any atom is 0.305 e. The average Bonchev–Trinajstić information content (AvgIpc) is 2.89. The van der Waals surface area contributed by atoms with E-state index in [0.29, 0.717) is 45.0 Å². The Kier molecular flexibility index (Phi) is 7.72. The number of carbonyl (C=O) groups is 2. The summed E-state index contributed by atoms with van der Waals surface area (Å²) in [6, 6.07) is 10.4. The number of nitrogens with zero attached hydrogens (tertiary/aromatic N) is 5. The Morgan fingerprint density at radius 1 is 0.939 bits per heavy atom. The van der Waals surface area contributed by atoms with Crippen LogP contribution in [0.4, 0.5) is 11.6 Å². The van der Waals surface area contributed by atoms with Crippen LogP contribution in [0.2, 0.25) is 0 Å². The van der Waals surface area contributed by atoms with Gasteiger partial charge in [-0.3, -0.25) is 9.59 Å². The number of amides is 1. The summed E-state index contributed by atoms with van der Waals surface area (Å²) in [6.07, 6.45) is 2.94. The first kappa shape index (κ1) is 23.0. The van der Waals surface area contributed by atoms with Crippen LogP contribution in [0.3, 0.4) is 0 Å². The highest BCUT2D eigenvalue weighted by molar-refractivity contribution is 5.77. The van der Waals surface area contributed by atoms with E-state index in [1.165, 1.54) is 12.8 Å². The van der Waals surface area contributed by atoms with Crippen molar-refractivity contribution in [2.75, 3.05) is 69.4 Å². The molecule has 0 N–H and O–H groups in total. The molecule has 2 aliphatic heterocycles. The van der Waals surface area contributed by atoms with Gasteiger partial charge in [0.25, 0.3) is 0 Å². The molecule has 2 aliphatic rings. The van der Waals surface area contributed by atoms with Crippen molar-refractivity contribution < 1.29 is 19.1 Å². The number of methoxy groups -OCH3 is 1. The molecule has 1 aromatic heterocycles. The molecular formula is C24H31N5O4. The largest absolute Gasteiger partial charge is 0.469 e. The summed E-state index contributed by atoms with van der Waals surface area (Å²) in [5.74, 6) is 0.483. The van der Waals surface area contributed by atoms with Gasteiger partial charge >= 0.3 is 5.97 Å². The first-order valence-corrected chi connectivity index (χ1v) is 11.5. The third kappa shape index (κ3) is 5.98. The topological polar surface area (TPSA) is 88.1 Å². The van der Waals surface area contributed by atoms with Crippen molar-refractivity contribution in [2.24, 2.45) is 0 Å². The average molecular weight is 454 g/mol. The minimum Gasteiger partial charge on any atom is -0.469 e. The van der Waals surface area contributed by atoms with Crippen LogP contribution in [-0.4, -0.2) is 86.3 Å². The quantitative estimate of drug-likeness (QED) is 0.588. The second-order valence-corrected chi connectivity index (χ2v) is 8.19. The van der Waals surface area contributed by atoms with Crippen LogP contribution >= 0.6 is 0 Å². The van der Waals surface area contributed by atoms with Gasteiger partial charge < -0.3 is 24.2 Å². The lowest BCUT2D eigenvalue weighted by atomic mass is 10.1. The number of hydrogen-bond donors (Lipinski definition) is 0. The van der Waals surface area contributed by atoms with Gasteiger partial charge in [-0.25, -0.2) is 9.97 Å². The second kappa shape index (κ2) is 11.1. The highest BCUT2D eigenvalue weighted by atomic mass is 16.5. The Balaban J connectivity index is 1.32. The Morgan fingerprint density at radius 3 is 2.36 bits per heavy atom. The molecule has 2 saturated heterocycles. The Bertz CT molecular complexity index is 938. The number of carbonyl (C=O) groups excluding carboxylic acids is 2. The van der Waals surface area contributed by atoms with Crippen LogP contribution in [0, 0.1) is 0 Å². The minimum absolute atomic E-state index is 0.0774. The van der Waals surface area contributed by atoms with E-state index in [0.717, 1.165) is 37.6 Å². The minimum atomic E-state index is -0.277. The van der Waals surface area contributed by atoms with Gasteiger partial charge in [-0.15, -0.1) is 0 Å². The van der Waals surface area contributed by atoms with E-state index in [4.69, 9.17) is 9.72 Å². The summed E-state index contributed by atoms with van der Waals surface area (Å²) in [7, 11) is 1.36. The molecule has 33 heavy (non-hydrogen) atoms. The fourth-order valence-electron chi connectivity index (χ4n) is 4.13. The summed E-state index contributed by atoms with van der Waals surface area (Å²) < 4.78 is 10.1. The first-order chi connectivity index (χ1) is 16.1. The van der Waals surface area contributed by atoms with Gasteiger partial charge in [0, 0.05) is 69.6 Å². The number of aromatic nitrogens is 2. The molecule has 0 aliphatic carbocycles. The summed E-state index contributed by atoms with van der Waals surface area (Å²) in [5.41, 5.74) is 3.13. The third-order valence-corrected chi connectivity index (χ3v) is 6.10. The SMILES string of the molecule is COC(=O)CCCC(=O)N1CCN(c2nccc(-c3ccc(N4CCOCC4)cc3)n2)CC1. The molecule has 0 bridgehead atoms. The van der Waals surface area contributed by atoms with E-state index in [1.807, 2.05) is 11.0 Å². The monoisotopic (exact) mass is 453 g/mol. The number of rotatable bonds is 7. The summed E-state index contributed by atoms with van der Waals surface area (Å²) in [4.78, 5) is 39.2. The molecular weight excluding hydrogens is 422 g/mol. The highest BCUT2D eigenvalue weighted by Gasteiger charge is 2.23. The van der Waals surface area contributed by atoms with Crippen molar-refractivity contribution in [1.82, 2.24) is 14.9 Å². The normalized spacial score (nSPS) is 16.6. The van der Waals surface area contributed by atoms with Crippen LogP contribution in [0.25, 0.3) is 11.3 Å². The Labute approximate surface area is 194 Å².